The Morgan fingerprint density at radius 3 is 2.06 bits per heavy atom. The fourth-order valence-corrected chi connectivity index (χ4v) is 2.27. The number of hydrogen-bond donors (Lipinski definition) is 1. The van der Waals surface area contributed by atoms with Crippen molar-refractivity contribution in [3.8, 4) is 0 Å². The van der Waals surface area contributed by atoms with Crippen LogP contribution in [0.15, 0.2) is 42.5 Å². The summed E-state index contributed by atoms with van der Waals surface area (Å²) in [6.45, 7) is 6.39. The molecule has 0 fully saturated rings. The number of anilines is 1. The van der Waals surface area contributed by atoms with Crippen LogP contribution < -0.4 is 5.32 Å². The summed E-state index contributed by atoms with van der Waals surface area (Å²) in [7, 11) is 0. The molecule has 0 aromatic heterocycles. The van der Waals surface area contributed by atoms with Gasteiger partial charge in [0.2, 0.25) is 0 Å². The standard InChI is InChI=1S/C16H18ClN/c1-11-8-12(2)10-16(9-11)18-13(3)14-4-6-15(17)7-5-14/h4-10,13,18H,1-3H3. The van der Waals surface area contributed by atoms with Gasteiger partial charge in [0, 0.05) is 16.8 Å². The Hall–Kier alpha value is -1.47. The number of aryl methyl sites for hydroxylation is 2. The number of halogens is 1. The van der Waals surface area contributed by atoms with Gasteiger partial charge in [-0.25, -0.2) is 0 Å². The van der Waals surface area contributed by atoms with Crippen molar-refractivity contribution in [2.45, 2.75) is 26.8 Å². The molecule has 2 heteroatoms. The highest BCUT2D eigenvalue weighted by Gasteiger charge is 2.05. The average molecular weight is 260 g/mol. The Morgan fingerprint density at radius 1 is 0.944 bits per heavy atom. The Balaban J connectivity index is 2.15. The van der Waals surface area contributed by atoms with Gasteiger partial charge in [0.25, 0.3) is 0 Å². The van der Waals surface area contributed by atoms with Gasteiger partial charge in [0.05, 0.1) is 0 Å². The molecule has 1 unspecified atom stereocenters. The maximum atomic E-state index is 5.90. The summed E-state index contributed by atoms with van der Waals surface area (Å²) in [5, 5.41) is 4.29. The van der Waals surface area contributed by atoms with Gasteiger partial charge in [-0.1, -0.05) is 29.8 Å². The van der Waals surface area contributed by atoms with Crippen LogP contribution in [0.3, 0.4) is 0 Å². The summed E-state index contributed by atoms with van der Waals surface area (Å²) in [5.41, 5.74) is 4.95. The van der Waals surface area contributed by atoms with Crippen LogP contribution >= 0.6 is 11.6 Å². The molecule has 18 heavy (non-hydrogen) atoms. The van der Waals surface area contributed by atoms with Crippen molar-refractivity contribution >= 4 is 17.3 Å². The average Bonchev–Trinajstić information content (AvgIpc) is 2.28. The summed E-state index contributed by atoms with van der Waals surface area (Å²) in [6, 6.07) is 14.7. The van der Waals surface area contributed by atoms with Crippen LogP contribution in [0.4, 0.5) is 5.69 Å². The molecule has 0 saturated carbocycles. The Morgan fingerprint density at radius 2 is 1.50 bits per heavy atom. The summed E-state index contributed by atoms with van der Waals surface area (Å²) in [6.07, 6.45) is 0. The Bertz CT molecular complexity index is 511. The van der Waals surface area contributed by atoms with E-state index in [4.69, 9.17) is 11.6 Å². The molecule has 1 nitrogen and oxygen atoms in total. The molecule has 2 aromatic carbocycles. The molecule has 0 amide bonds. The molecule has 0 aliphatic carbocycles. The van der Waals surface area contributed by atoms with Crippen molar-refractivity contribution in [2.24, 2.45) is 0 Å². The molecule has 0 aliphatic rings. The summed E-state index contributed by atoms with van der Waals surface area (Å²) < 4.78 is 0. The van der Waals surface area contributed by atoms with Gasteiger partial charge in [-0.15, -0.1) is 0 Å². The molecule has 2 aromatic rings. The molecule has 0 spiro atoms. The van der Waals surface area contributed by atoms with Crippen LogP contribution in [0.1, 0.15) is 29.7 Å². The normalized spacial score (nSPS) is 12.2. The molecule has 0 saturated heterocycles. The first-order valence-electron chi connectivity index (χ1n) is 6.15. The minimum Gasteiger partial charge on any atom is -0.379 e. The van der Waals surface area contributed by atoms with Gasteiger partial charge >= 0.3 is 0 Å². The third kappa shape index (κ3) is 3.27. The number of rotatable bonds is 3. The first-order chi connectivity index (χ1) is 8.54. The second-order valence-electron chi connectivity index (χ2n) is 4.79. The Labute approximate surface area is 114 Å². The zero-order valence-corrected chi connectivity index (χ0v) is 11.8. The van der Waals surface area contributed by atoms with Gasteiger partial charge < -0.3 is 5.32 Å². The van der Waals surface area contributed by atoms with Gasteiger partial charge in [0.15, 0.2) is 0 Å². The van der Waals surface area contributed by atoms with Crippen molar-refractivity contribution in [3.05, 3.63) is 64.2 Å². The Kier molecular flexibility index (Phi) is 3.93. The molecular weight excluding hydrogens is 242 g/mol. The molecule has 1 N–H and O–H groups in total. The molecule has 1 atom stereocenters. The third-order valence-electron chi connectivity index (χ3n) is 2.97. The fraction of sp³-hybridized carbons (Fsp3) is 0.250. The predicted molar refractivity (Wildman–Crippen MR) is 79.4 cm³/mol. The van der Waals surface area contributed by atoms with E-state index in [1.807, 2.05) is 12.1 Å². The topological polar surface area (TPSA) is 12.0 Å². The number of nitrogens with one attached hydrogen (secondary N) is 1. The smallest absolute Gasteiger partial charge is 0.0485 e. The van der Waals surface area contributed by atoms with Gasteiger partial charge in [-0.3, -0.25) is 0 Å². The van der Waals surface area contributed by atoms with Crippen molar-refractivity contribution in [2.75, 3.05) is 5.32 Å². The summed E-state index contributed by atoms with van der Waals surface area (Å²) >= 11 is 5.90. The van der Waals surface area contributed by atoms with Gasteiger partial charge in [-0.2, -0.15) is 0 Å². The highest BCUT2D eigenvalue weighted by molar-refractivity contribution is 6.30. The first-order valence-corrected chi connectivity index (χ1v) is 6.53. The van der Waals surface area contributed by atoms with E-state index >= 15 is 0 Å². The van der Waals surface area contributed by atoms with E-state index < -0.39 is 0 Å². The van der Waals surface area contributed by atoms with Crippen LogP contribution in [0.25, 0.3) is 0 Å². The lowest BCUT2D eigenvalue weighted by atomic mass is 10.1. The van der Waals surface area contributed by atoms with E-state index in [2.05, 4.69) is 56.4 Å². The fourth-order valence-electron chi connectivity index (χ4n) is 2.14. The molecule has 0 bridgehead atoms. The third-order valence-corrected chi connectivity index (χ3v) is 3.23. The molecule has 0 radical (unpaired) electrons. The first kappa shape index (κ1) is 13.0. The molecule has 0 aliphatic heterocycles. The zero-order chi connectivity index (χ0) is 13.1. The number of hydrogen-bond acceptors (Lipinski definition) is 1. The highest BCUT2D eigenvalue weighted by Crippen LogP contribution is 2.22. The van der Waals surface area contributed by atoms with E-state index in [-0.39, 0.29) is 6.04 Å². The quantitative estimate of drug-likeness (QED) is 0.806. The van der Waals surface area contributed by atoms with Crippen LogP contribution in [0.2, 0.25) is 5.02 Å². The SMILES string of the molecule is Cc1cc(C)cc(NC(C)c2ccc(Cl)cc2)c1. The maximum Gasteiger partial charge on any atom is 0.0485 e. The van der Waals surface area contributed by atoms with Gasteiger partial charge in [0.1, 0.15) is 0 Å². The predicted octanol–water partition coefficient (Wildman–Crippen LogP) is 5.13. The van der Waals surface area contributed by atoms with Crippen molar-refractivity contribution < 1.29 is 0 Å². The molecule has 94 valence electrons. The number of benzene rings is 2. The van der Waals surface area contributed by atoms with E-state index in [0.717, 1.165) is 10.7 Å². The molecular formula is C16H18ClN. The van der Waals surface area contributed by atoms with Crippen molar-refractivity contribution in [3.63, 3.8) is 0 Å². The minimum atomic E-state index is 0.267. The highest BCUT2D eigenvalue weighted by atomic mass is 35.5. The molecule has 0 heterocycles. The zero-order valence-electron chi connectivity index (χ0n) is 11.0. The van der Waals surface area contributed by atoms with Crippen LogP contribution in [-0.4, -0.2) is 0 Å². The largest absolute Gasteiger partial charge is 0.379 e. The second-order valence-corrected chi connectivity index (χ2v) is 5.23. The lowest BCUT2D eigenvalue weighted by Crippen LogP contribution is -2.06. The lowest BCUT2D eigenvalue weighted by Gasteiger charge is -2.16. The lowest BCUT2D eigenvalue weighted by molar-refractivity contribution is 0.884. The maximum absolute atomic E-state index is 5.90. The van der Waals surface area contributed by atoms with E-state index in [9.17, 15) is 0 Å². The van der Waals surface area contributed by atoms with E-state index in [1.54, 1.807) is 0 Å². The van der Waals surface area contributed by atoms with Crippen molar-refractivity contribution in [1.82, 2.24) is 0 Å². The van der Waals surface area contributed by atoms with Crippen LogP contribution in [0, 0.1) is 13.8 Å². The molecule has 2 rings (SSSR count). The van der Waals surface area contributed by atoms with Crippen molar-refractivity contribution in [1.29, 1.82) is 0 Å². The van der Waals surface area contributed by atoms with E-state index in [0.29, 0.717) is 0 Å². The van der Waals surface area contributed by atoms with Crippen LogP contribution in [0.5, 0.6) is 0 Å². The van der Waals surface area contributed by atoms with E-state index in [1.165, 1.54) is 16.7 Å². The van der Waals surface area contributed by atoms with Crippen LogP contribution in [-0.2, 0) is 0 Å². The minimum absolute atomic E-state index is 0.267. The second kappa shape index (κ2) is 5.45. The van der Waals surface area contributed by atoms with Gasteiger partial charge in [-0.05, 0) is 61.7 Å². The summed E-state index contributed by atoms with van der Waals surface area (Å²) in [4.78, 5) is 0. The monoisotopic (exact) mass is 259 g/mol. The summed E-state index contributed by atoms with van der Waals surface area (Å²) in [5.74, 6) is 0.